The Bertz CT molecular complexity index is 1240. The molecule has 1 saturated heterocycles. The molecule has 5 rings (SSSR count). The molecule has 31 heavy (non-hydrogen) atoms. The monoisotopic (exact) mass is 417 g/mol. The fourth-order valence-corrected chi connectivity index (χ4v) is 5.16. The first-order valence-corrected chi connectivity index (χ1v) is 10.9. The Labute approximate surface area is 181 Å². The van der Waals surface area contributed by atoms with Crippen LogP contribution in [0.2, 0.25) is 0 Å². The van der Waals surface area contributed by atoms with Crippen LogP contribution in [0.1, 0.15) is 47.2 Å². The van der Waals surface area contributed by atoms with Gasteiger partial charge in [0.2, 0.25) is 0 Å². The molecule has 1 unspecified atom stereocenters. The summed E-state index contributed by atoms with van der Waals surface area (Å²) in [5.74, 6) is 0.787. The van der Waals surface area contributed by atoms with Gasteiger partial charge in [-0.05, 0) is 48.9 Å². The van der Waals surface area contributed by atoms with Crippen molar-refractivity contribution in [3.8, 4) is 5.75 Å². The second-order valence-corrected chi connectivity index (χ2v) is 8.73. The standard InChI is InChI=1S/C25H27N3O3/c1-15-13-18-14-17(7-8-21(18)31-15)16-9-11-28(12-10-16)23-19-5-3-4-6-20(19)27(2)25(30)22(23)24(26)29/h3-8,14-16H,9-13H2,1-2H3,(H2,26,29). The highest BCUT2D eigenvalue weighted by molar-refractivity contribution is 6.06. The van der Waals surface area contributed by atoms with Gasteiger partial charge in [0, 0.05) is 31.9 Å². The molecule has 1 aromatic heterocycles. The Balaban J connectivity index is 1.47. The van der Waals surface area contributed by atoms with Crippen LogP contribution in [0.4, 0.5) is 5.69 Å². The van der Waals surface area contributed by atoms with Crippen LogP contribution in [-0.2, 0) is 13.5 Å². The lowest BCUT2D eigenvalue weighted by molar-refractivity contribution is 0.0999. The van der Waals surface area contributed by atoms with Gasteiger partial charge in [-0.3, -0.25) is 9.59 Å². The smallest absolute Gasteiger partial charge is 0.265 e. The second-order valence-electron chi connectivity index (χ2n) is 8.73. The zero-order valence-corrected chi connectivity index (χ0v) is 17.9. The number of pyridine rings is 1. The Kier molecular flexibility index (Phi) is 4.73. The predicted molar refractivity (Wildman–Crippen MR) is 122 cm³/mol. The molecule has 3 aromatic rings. The summed E-state index contributed by atoms with van der Waals surface area (Å²) in [4.78, 5) is 27.4. The van der Waals surface area contributed by atoms with Crippen LogP contribution in [0.25, 0.3) is 10.9 Å². The van der Waals surface area contributed by atoms with Crippen LogP contribution < -0.4 is 20.9 Å². The van der Waals surface area contributed by atoms with Crippen molar-refractivity contribution in [2.24, 2.45) is 12.8 Å². The quantitative estimate of drug-likeness (QED) is 0.709. The van der Waals surface area contributed by atoms with Crippen molar-refractivity contribution < 1.29 is 9.53 Å². The molecule has 2 aliphatic heterocycles. The summed E-state index contributed by atoms with van der Waals surface area (Å²) in [7, 11) is 1.69. The van der Waals surface area contributed by atoms with Crippen LogP contribution >= 0.6 is 0 Å². The number of nitrogens with two attached hydrogens (primary N) is 1. The number of aryl methyl sites for hydroxylation is 1. The molecule has 0 aliphatic carbocycles. The number of rotatable bonds is 3. The number of fused-ring (bicyclic) bond motifs is 2. The number of amides is 1. The van der Waals surface area contributed by atoms with E-state index in [0.717, 1.165) is 49.0 Å². The van der Waals surface area contributed by atoms with Crippen LogP contribution in [0.15, 0.2) is 47.3 Å². The molecular formula is C25H27N3O3. The number of carbonyl (C=O) groups excluding carboxylic acids is 1. The highest BCUT2D eigenvalue weighted by Crippen LogP contribution is 2.37. The summed E-state index contributed by atoms with van der Waals surface area (Å²) in [6.45, 7) is 3.64. The molecule has 0 saturated carbocycles. The van der Waals surface area contributed by atoms with Gasteiger partial charge in [0.1, 0.15) is 17.4 Å². The van der Waals surface area contributed by atoms with Gasteiger partial charge in [-0.15, -0.1) is 0 Å². The predicted octanol–water partition coefficient (Wildman–Crippen LogP) is 3.34. The van der Waals surface area contributed by atoms with Gasteiger partial charge >= 0.3 is 0 Å². The van der Waals surface area contributed by atoms with Gasteiger partial charge in [0.15, 0.2) is 0 Å². The van der Waals surface area contributed by atoms with Crippen molar-refractivity contribution >= 4 is 22.5 Å². The van der Waals surface area contributed by atoms with Gasteiger partial charge in [-0.2, -0.15) is 0 Å². The van der Waals surface area contributed by atoms with Crippen LogP contribution in [0.3, 0.4) is 0 Å². The van der Waals surface area contributed by atoms with E-state index in [9.17, 15) is 9.59 Å². The van der Waals surface area contributed by atoms with Gasteiger partial charge in [0.25, 0.3) is 11.5 Å². The highest BCUT2D eigenvalue weighted by atomic mass is 16.5. The van der Waals surface area contributed by atoms with Gasteiger partial charge in [-0.1, -0.05) is 30.3 Å². The molecule has 0 spiro atoms. The summed E-state index contributed by atoms with van der Waals surface area (Å²) in [6.07, 6.45) is 3.12. The number of aromatic nitrogens is 1. The first-order valence-electron chi connectivity index (χ1n) is 10.9. The van der Waals surface area contributed by atoms with Crippen LogP contribution in [0.5, 0.6) is 5.75 Å². The molecule has 2 N–H and O–H groups in total. The molecule has 0 radical (unpaired) electrons. The van der Waals surface area contributed by atoms with Crippen molar-refractivity contribution in [1.82, 2.24) is 4.57 Å². The van der Waals surface area contributed by atoms with Crippen molar-refractivity contribution in [3.63, 3.8) is 0 Å². The van der Waals surface area contributed by atoms with E-state index in [4.69, 9.17) is 10.5 Å². The molecule has 2 aliphatic rings. The summed E-state index contributed by atoms with van der Waals surface area (Å²) in [5, 5.41) is 0.889. The fraction of sp³-hybridized carbons (Fsp3) is 0.360. The van der Waals surface area contributed by atoms with Crippen LogP contribution in [0, 0.1) is 0 Å². The van der Waals surface area contributed by atoms with E-state index in [1.165, 1.54) is 15.7 Å². The molecular weight excluding hydrogens is 390 g/mol. The van der Waals surface area contributed by atoms with Gasteiger partial charge in [0.05, 0.1) is 11.2 Å². The minimum atomic E-state index is -0.670. The van der Waals surface area contributed by atoms with E-state index in [1.807, 2.05) is 24.3 Å². The zero-order valence-electron chi connectivity index (χ0n) is 17.9. The highest BCUT2D eigenvalue weighted by Gasteiger charge is 2.28. The first-order chi connectivity index (χ1) is 14.9. The molecule has 2 aromatic carbocycles. The largest absolute Gasteiger partial charge is 0.490 e. The zero-order chi connectivity index (χ0) is 21.7. The Morgan fingerprint density at radius 2 is 1.87 bits per heavy atom. The lowest BCUT2D eigenvalue weighted by Gasteiger charge is -2.35. The summed E-state index contributed by atoms with van der Waals surface area (Å²) < 4.78 is 7.35. The first kappa shape index (κ1) is 19.7. The third-order valence-corrected chi connectivity index (χ3v) is 6.72. The lowest BCUT2D eigenvalue weighted by atomic mass is 9.87. The third-order valence-electron chi connectivity index (χ3n) is 6.72. The second kappa shape index (κ2) is 7.45. The number of para-hydroxylation sites is 1. The number of nitrogens with zero attached hydrogens (tertiary/aromatic N) is 2. The van der Waals surface area contributed by atoms with Crippen molar-refractivity contribution in [1.29, 1.82) is 0 Å². The molecule has 160 valence electrons. The summed E-state index contributed by atoms with van der Waals surface area (Å²) >= 11 is 0. The van der Waals surface area contributed by atoms with E-state index in [2.05, 4.69) is 30.0 Å². The maximum Gasteiger partial charge on any atom is 0.265 e. The minimum absolute atomic E-state index is 0.0864. The number of hydrogen-bond acceptors (Lipinski definition) is 4. The Morgan fingerprint density at radius 3 is 2.61 bits per heavy atom. The normalized spacial score (nSPS) is 18.8. The average Bonchev–Trinajstić information content (AvgIpc) is 3.15. The SMILES string of the molecule is CC1Cc2cc(C3CCN(c4c(C(N)=O)c(=O)n(C)c5ccccc45)CC3)ccc2O1. The van der Waals surface area contributed by atoms with E-state index >= 15 is 0 Å². The number of hydrogen-bond donors (Lipinski definition) is 1. The molecule has 6 heteroatoms. The van der Waals surface area contributed by atoms with Crippen molar-refractivity contribution in [2.45, 2.75) is 38.2 Å². The molecule has 1 amide bonds. The topological polar surface area (TPSA) is 77.6 Å². The third kappa shape index (κ3) is 3.26. The van der Waals surface area contributed by atoms with E-state index in [-0.39, 0.29) is 17.2 Å². The molecule has 1 atom stereocenters. The van der Waals surface area contributed by atoms with Gasteiger partial charge in [-0.25, -0.2) is 0 Å². The van der Waals surface area contributed by atoms with E-state index < -0.39 is 5.91 Å². The molecule has 1 fully saturated rings. The molecule has 3 heterocycles. The maximum absolute atomic E-state index is 12.9. The summed E-state index contributed by atoms with van der Waals surface area (Å²) in [5.41, 5.74) is 9.55. The molecule has 0 bridgehead atoms. The number of primary amides is 1. The average molecular weight is 418 g/mol. The summed E-state index contributed by atoms with van der Waals surface area (Å²) in [6, 6.07) is 14.3. The van der Waals surface area contributed by atoms with E-state index in [1.54, 1.807) is 7.05 Å². The Hall–Kier alpha value is -3.28. The van der Waals surface area contributed by atoms with Crippen LogP contribution in [-0.4, -0.2) is 29.7 Å². The van der Waals surface area contributed by atoms with Gasteiger partial charge < -0.3 is 19.9 Å². The minimum Gasteiger partial charge on any atom is -0.490 e. The molecule has 6 nitrogen and oxygen atoms in total. The number of piperidine rings is 1. The maximum atomic E-state index is 12.9. The number of anilines is 1. The Morgan fingerprint density at radius 1 is 1.13 bits per heavy atom. The number of carbonyl (C=O) groups is 1. The fourth-order valence-electron chi connectivity index (χ4n) is 5.16. The lowest BCUT2D eigenvalue weighted by Crippen LogP contribution is -2.38. The van der Waals surface area contributed by atoms with E-state index in [0.29, 0.717) is 11.6 Å². The van der Waals surface area contributed by atoms with Crippen molar-refractivity contribution in [3.05, 3.63) is 69.5 Å². The number of ether oxygens (including phenoxy) is 1. The van der Waals surface area contributed by atoms with Crippen molar-refractivity contribution in [2.75, 3.05) is 18.0 Å². The number of benzene rings is 2.